The van der Waals surface area contributed by atoms with Gasteiger partial charge in [-0.3, -0.25) is 4.79 Å². The summed E-state index contributed by atoms with van der Waals surface area (Å²) in [5, 5.41) is 0. The van der Waals surface area contributed by atoms with Crippen molar-refractivity contribution in [1.29, 1.82) is 0 Å². The smallest absolute Gasteiger partial charge is 0.254 e. The molecule has 0 radical (unpaired) electrons. The van der Waals surface area contributed by atoms with Gasteiger partial charge in [-0.15, -0.1) is 0 Å². The molecule has 2 heteroatoms. The van der Waals surface area contributed by atoms with Crippen molar-refractivity contribution in [3.05, 3.63) is 83.9 Å². The lowest BCUT2D eigenvalue weighted by molar-refractivity contribution is 0.0706. The van der Waals surface area contributed by atoms with Gasteiger partial charge in [-0.05, 0) is 24.1 Å². The average molecular weight is 263 g/mol. The summed E-state index contributed by atoms with van der Waals surface area (Å²) in [6.07, 6.45) is 5.20. The highest BCUT2D eigenvalue weighted by molar-refractivity contribution is 5.94. The molecule has 3 rings (SSSR count). The largest absolute Gasteiger partial charge is 0.328 e. The van der Waals surface area contributed by atoms with E-state index in [0.29, 0.717) is 0 Å². The van der Waals surface area contributed by atoms with E-state index in [2.05, 4.69) is 24.3 Å². The molecule has 0 fully saturated rings. The van der Waals surface area contributed by atoms with E-state index >= 15 is 0 Å². The first-order valence-corrected chi connectivity index (χ1v) is 6.94. The molecule has 2 aromatic carbocycles. The van der Waals surface area contributed by atoms with Gasteiger partial charge in [0.15, 0.2) is 0 Å². The molecule has 0 aliphatic carbocycles. The highest BCUT2D eigenvalue weighted by Crippen LogP contribution is 2.27. The zero-order chi connectivity index (χ0) is 13.8. The van der Waals surface area contributed by atoms with Crippen molar-refractivity contribution >= 4 is 5.91 Å². The number of carbonyl (C=O) groups excluding carboxylic acids is 1. The zero-order valence-electron chi connectivity index (χ0n) is 11.3. The normalized spacial score (nSPS) is 18.0. The average Bonchev–Trinajstić information content (AvgIpc) is 2.56. The molecular formula is C18H17NO. The van der Waals surface area contributed by atoms with Crippen molar-refractivity contribution in [2.75, 3.05) is 6.54 Å². The number of nitrogens with zero attached hydrogens (tertiary/aromatic N) is 1. The number of hydrogen-bond acceptors (Lipinski definition) is 1. The Morgan fingerprint density at radius 2 is 1.60 bits per heavy atom. The fraction of sp³-hybridized carbons (Fsp3) is 0.167. The highest BCUT2D eigenvalue weighted by atomic mass is 16.2. The molecule has 100 valence electrons. The van der Waals surface area contributed by atoms with Gasteiger partial charge in [-0.1, -0.05) is 60.7 Å². The van der Waals surface area contributed by atoms with Gasteiger partial charge in [-0.25, -0.2) is 0 Å². The molecule has 0 bridgehead atoms. The second-order valence-electron chi connectivity index (χ2n) is 4.94. The van der Waals surface area contributed by atoms with E-state index in [9.17, 15) is 4.79 Å². The molecule has 1 heterocycles. The van der Waals surface area contributed by atoms with Gasteiger partial charge in [0.1, 0.15) is 0 Å². The van der Waals surface area contributed by atoms with Crippen molar-refractivity contribution in [3.63, 3.8) is 0 Å². The van der Waals surface area contributed by atoms with Crippen molar-refractivity contribution in [2.24, 2.45) is 0 Å². The molecule has 0 N–H and O–H groups in total. The quantitative estimate of drug-likeness (QED) is 0.754. The van der Waals surface area contributed by atoms with E-state index < -0.39 is 0 Å². The molecule has 20 heavy (non-hydrogen) atoms. The fourth-order valence-electron chi connectivity index (χ4n) is 2.60. The highest BCUT2D eigenvalue weighted by Gasteiger charge is 2.25. The molecule has 1 aliphatic rings. The van der Waals surface area contributed by atoms with E-state index in [0.717, 1.165) is 24.1 Å². The number of carbonyl (C=O) groups is 1. The van der Waals surface area contributed by atoms with Gasteiger partial charge in [0.2, 0.25) is 0 Å². The van der Waals surface area contributed by atoms with Gasteiger partial charge in [0.25, 0.3) is 5.91 Å². The van der Waals surface area contributed by atoms with E-state index in [-0.39, 0.29) is 11.9 Å². The number of hydrogen-bond donors (Lipinski definition) is 0. The Morgan fingerprint density at radius 1 is 0.950 bits per heavy atom. The predicted octanol–water partition coefficient (Wildman–Crippen LogP) is 3.83. The number of rotatable bonds is 2. The number of amides is 1. The van der Waals surface area contributed by atoms with Crippen molar-refractivity contribution in [3.8, 4) is 0 Å². The van der Waals surface area contributed by atoms with Crippen LogP contribution in [0, 0.1) is 0 Å². The number of benzene rings is 2. The lowest BCUT2D eigenvalue weighted by Gasteiger charge is -2.32. The third kappa shape index (κ3) is 2.50. The summed E-state index contributed by atoms with van der Waals surface area (Å²) in [5.74, 6) is 0.101. The maximum absolute atomic E-state index is 12.7. The first kappa shape index (κ1) is 12.7. The summed E-state index contributed by atoms with van der Waals surface area (Å²) >= 11 is 0. The molecule has 2 aromatic rings. The lowest BCUT2D eigenvalue weighted by Crippen LogP contribution is -2.36. The Hall–Kier alpha value is -2.35. The third-order valence-corrected chi connectivity index (χ3v) is 3.61. The van der Waals surface area contributed by atoms with Crippen molar-refractivity contribution < 1.29 is 4.79 Å². The molecule has 1 amide bonds. The maximum Gasteiger partial charge on any atom is 0.254 e. The molecule has 1 aliphatic heterocycles. The standard InChI is InChI=1S/C18H17NO/c20-18(16-11-5-2-6-12-16)19-14-8-7-13-17(19)15-9-3-1-4-10-15/h1-7,9-13,17H,8,14H2. The molecule has 0 saturated heterocycles. The minimum Gasteiger partial charge on any atom is -0.328 e. The van der Waals surface area contributed by atoms with Crippen LogP contribution in [0.3, 0.4) is 0 Å². The Morgan fingerprint density at radius 3 is 2.30 bits per heavy atom. The van der Waals surface area contributed by atoms with Gasteiger partial charge in [0.05, 0.1) is 6.04 Å². The predicted molar refractivity (Wildman–Crippen MR) is 80.4 cm³/mol. The van der Waals surface area contributed by atoms with Crippen molar-refractivity contribution in [2.45, 2.75) is 12.5 Å². The van der Waals surface area contributed by atoms with E-state index in [1.54, 1.807) is 0 Å². The minimum atomic E-state index is 0.0395. The topological polar surface area (TPSA) is 20.3 Å². The van der Waals surface area contributed by atoms with E-state index in [4.69, 9.17) is 0 Å². The maximum atomic E-state index is 12.7. The van der Waals surface area contributed by atoms with Crippen LogP contribution in [0.2, 0.25) is 0 Å². The molecule has 1 atom stereocenters. The second-order valence-corrected chi connectivity index (χ2v) is 4.94. The first-order chi connectivity index (χ1) is 9.86. The van der Waals surface area contributed by atoms with Gasteiger partial charge < -0.3 is 4.90 Å². The van der Waals surface area contributed by atoms with Gasteiger partial charge in [0, 0.05) is 12.1 Å². The lowest BCUT2D eigenvalue weighted by atomic mass is 10.00. The summed E-state index contributed by atoms with van der Waals surface area (Å²) in [7, 11) is 0. The van der Waals surface area contributed by atoms with Crippen LogP contribution in [0.1, 0.15) is 28.4 Å². The summed E-state index contributed by atoms with van der Waals surface area (Å²) in [6, 6.07) is 19.7. The zero-order valence-corrected chi connectivity index (χ0v) is 11.3. The van der Waals surface area contributed by atoms with Gasteiger partial charge in [-0.2, -0.15) is 0 Å². The van der Waals surface area contributed by atoms with Crippen LogP contribution in [0.25, 0.3) is 0 Å². The van der Waals surface area contributed by atoms with Crippen LogP contribution < -0.4 is 0 Å². The molecule has 0 saturated carbocycles. The summed E-state index contributed by atoms with van der Waals surface area (Å²) in [4.78, 5) is 14.6. The van der Waals surface area contributed by atoms with Crippen molar-refractivity contribution in [1.82, 2.24) is 4.90 Å². The van der Waals surface area contributed by atoms with E-state index in [1.165, 1.54) is 0 Å². The van der Waals surface area contributed by atoms with E-state index in [1.807, 2.05) is 53.4 Å². The third-order valence-electron chi connectivity index (χ3n) is 3.61. The molecule has 0 spiro atoms. The Bertz CT molecular complexity index is 604. The van der Waals surface area contributed by atoms with Crippen LogP contribution in [-0.2, 0) is 0 Å². The first-order valence-electron chi connectivity index (χ1n) is 6.94. The fourth-order valence-corrected chi connectivity index (χ4v) is 2.60. The minimum absolute atomic E-state index is 0.0395. The van der Waals surface area contributed by atoms with Gasteiger partial charge >= 0.3 is 0 Å². The second kappa shape index (κ2) is 5.74. The Balaban J connectivity index is 1.91. The summed E-state index contributed by atoms with van der Waals surface area (Å²) in [5.41, 5.74) is 1.91. The monoisotopic (exact) mass is 263 g/mol. The van der Waals surface area contributed by atoms with Crippen LogP contribution in [0.4, 0.5) is 0 Å². The molecule has 2 nitrogen and oxygen atoms in total. The Labute approximate surface area is 119 Å². The molecular weight excluding hydrogens is 246 g/mol. The summed E-state index contributed by atoms with van der Waals surface area (Å²) < 4.78 is 0. The van der Waals surface area contributed by atoms with Crippen LogP contribution >= 0.6 is 0 Å². The van der Waals surface area contributed by atoms with Crippen LogP contribution in [0.5, 0.6) is 0 Å². The van der Waals surface area contributed by atoms with Crippen LogP contribution in [-0.4, -0.2) is 17.4 Å². The van der Waals surface area contributed by atoms with Crippen LogP contribution in [0.15, 0.2) is 72.8 Å². The Kier molecular flexibility index (Phi) is 3.64. The summed E-state index contributed by atoms with van der Waals surface area (Å²) in [6.45, 7) is 0.768. The SMILES string of the molecule is O=C(c1ccccc1)N1CCC=CC1c1ccccc1. The molecule has 1 unspecified atom stereocenters. The molecule has 0 aromatic heterocycles.